The Morgan fingerprint density at radius 2 is 1.68 bits per heavy atom. The van der Waals surface area contributed by atoms with E-state index in [1.54, 1.807) is 14.2 Å². The van der Waals surface area contributed by atoms with Crippen molar-refractivity contribution in [2.75, 3.05) is 45.3 Å². The summed E-state index contributed by atoms with van der Waals surface area (Å²) in [7, 11) is 3.43. The predicted molar refractivity (Wildman–Crippen MR) is 103 cm³/mol. The zero-order valence-corrected chi connectivity index (χ0v) is 15.7. The maximum Gasteiger partial charge on any atom is 0.123 e. The summed E-state index contributed by atoms with van der Waals surface area (Å²) in [5, 5.41) is 0. The molecule has 4 heteroatoms. The van der Waals surface area contributed by atoms with E-state index in [1.807, 2.05) is 12.1 Å². The standard InChI is InChI=1S/C21H28N2O2/c1-16-6-5-7-20(17(16)2)23-12-10-22(11-13-23)15-18-14-19(24-3)8-9-21(18)25-4/h5-9,14H,10-13,15H2,1-4H3. The van der Waals surface area contributed by atoms with Crippen molar-refractivity contribution in [3.63, 3.8) is 0 Å². The average Bonchev–Trinajstić information content (AvgIpc) is 2.64. The maximum absolute atomic E-state index is 5.51. The molecule has 0 radical (unpaired) electrons. The first-order valence-corrected chi connectivity index (χ1v) is 8.87. The first-order chi connectivity index (χ1) is 12.1. The lowest BCUT2D eigenvalue weighted by Gasteiger charge is -2.37. The Hall–Kier alpha value is -2.20. The van der Waals surface area contributed by atoms with Crippen LogP contribution in [0.2, 0.25) is 0 Å². The van der Waals surface area contributed by atoms with Crippen molar-refractivity contribution < 1.29 is 9.47 Å². The molecule has 1 aliphatic rings. The summed E-state index contributed by atoms with van der Waals surface area (Å²) in [5.74, 6) is 1.81. The second kappa shape index (κ2) is 7.79. The number of ether oxygens (including phenoxy) is 2. The van der Waals surface area contributed by atoms with E-state index in [0.29, 0.717) is 0 Å². The van der Waals surface area contributed by atoms with Gasteiger partial charge in [-0.3, -0.25) is 4.90 Å². The van der Waals surface area contributed by atoms with Crippen molar-refractivity contribution in [3.05, 3.63) is 53.1 Å². The molecule has 0 N–H and O–H groups in total. The number of methoxy groups -OCH3 is 2. The van der Waals surface area contributed by atoms with Crippen LogP contribution in [0.4, 0.5) is 5.69 Å². The molecule has 0 spiro atoms. The Balaban J connectivity index is 1.66. The third kappa shape index (κ3) is 3.90. The fourth-order valence-corrected chi connectivity index (χ4v) is 3.47. The summed E-state index contributed by atoms with van der Waals surface area (Å²) >= 11 is 0. The van der Waals surface area contributed by atoms with Gasteiger partial charge in [0.1, 0.15) is 11.5 Å². The number of rotatable bonds is 5. The molecule has 0 aromatic heterocycles. The van der Waals surface area contributed by atoms with Crippen LogP contribution < -0.4 is 14.4 Å². The van der Waals surface area contributed by atoms with Gasteiger partial charge in [0.15, 0.2) is 0 Å². The van der Waals surface area contributed by atoms with E-state index >= 15 is 0 Å². The van der Waals surface area contributed by atoms with Crippen molar-refractivity contribution in [1.29, 1.82) is 0 Å². The van der Waals surface area contributed by atoms with Gasteiger partial charge in [0.25, 0.3) is 0 Å². The number of nitrogens with zero attached hydrogens (tertiary/aromatic N) is 2. The number of anilines is 1. The topological polar surface area (TPSA) is 24.9 Å². The number of piperazine rings is 1. The molecule has 0 unspecified atom stereocenters. The van der Waals surface area contributed by atoms with Crippen LogP contribution in [0, 0.1) is 13.8 Å². The van der Waals surface area contributed by atoms with Crippen LogP contribution >= 0.6 is 0 Å². The summed E-state index contributed by atoms with van der Waals surface area (Å²) in [6.45, 7) is 9.50. The van der Waals surface area contributed by atoms with Gasteiger partial charge in [0.05, 0.1) is 14.2 Å². The van der Waals surface area contributed by atoms with Crippen LogP contribution in [-0.2, 0) is 6.54 Å². The van der Waals surface area contributed by atoms with Crippen LogP contribution in [-0.4, -0.2) is 45.3 Å². The Morgan fingerprint density at radius 3 is 2.36 bits per heavy atom. The van der Waals surface area contributed by atoms with E-state index in [4.69, 9.17) is 9.47 Å². The molecule has 0 amide bonds. The molecular weight excluding hydrogens is 312 g/mol. The maximum atomic E-state index is 5.51. The molecule has 3 rings (SSSR count). The molecule has 2 aromatic carbocycles. The van der Waals surface area contributed by atoms with Gasteiger partial charge < -0.3 is 14.4 Å². The highest BCUT2D eigenvalue weighted by Gasteiger charge is 2.20. The van der Waals surface area contributed by atoms with E-state index in [1.165, 1.54) is 22.4 Å². The molecule has 134 valence electrons. The second-order valence-corrected chi connectivity index (χ2v) is 6.66. The summed E-state index contributed by atoms with van der Waals surface area (Å²) < 4.78 is 10.9. The molecule has 1 aliphatic heterocycles. The normalized spacial score (nSPS) is 15.3. The Kier molecular flexibility index (Phi) is 5.49. The minimum absolute atomic E-state index is 0.879. The number of benzene rings is 2. The second-order valence-electron chi connectivity index (χ2n) is 6.66. The van der Waals surface area contributed by atoms with Crippen LogP contribution in [0.25, 0.3) is 0 Å². The number of hydrogen-bond acceptors (Lipinski definition) is 4. The van der Waals surface area contributed by atoms with Crippen molar-refractivity contribution in [2.45, 2.75) is 20.4 Å². The molecule has 0 bridgehead atoms. The Bertz CT molecular complexity index is 722. The van der Waals surface area contributed by atoms with Gasteiger partial charge in [0, 0.05) is 44.0 Å². The highest BCUT2D eigenvalue weighted by Crippen LogP contribution is 2.27. The lowest BCUT2D eigenvalue weighted by molar-refractivity contribution is 0.245. The molecule has 25 heavy (non-hydrogen) atoms. The summed E-state index contributed by atoms with van der Waals surface area (Å²) in [6, 6.07) is 12.6. The van der Waals surface area contributed by atoms with Crippen molar-refractivity contribution >= 4 is 5.69 Å². The monoisotopic (exact) mass is 340 g/mol. The quantitative estimate of drug-likeness (QED) is 0.830. The van der Waals surface area contributed by atoms with Gasteiger partial charge in [-0.1, -0.05) is 12.1 Å². The first-order valence-electron chi connectivity index (χ1n) is 8.87. The van der Waals surface area contributed by atoms with Gasteiger partial charge in [-0.15, -0.1) is 0 Å². The minimum atomic E-state index is 0.879. The Morgan fingerprint density at radius 1 is 0.920 bits per heavy atom. The van der Waals surface area contributed by atoms with Crippen molar-refractivity contribution in [3.8, 4) is 11.5 Å². The summed E-state index contributed by atoms with van der Waals surface area (Å²) in [5.41, 5.74) is 5.31. The molecule has 2 aromatic rings. The SMILES string of the molecule is COc1ccc(OC)c(CN2CCN(c3cccc(C)c3C)CC2)c1. The molecule has 1 fully saturated rings. The van der Waals surface area contributed by atoms with E-state index in [0.717, 1.165) is 44.2 Å². The largest absolute Gasteiger partial charge is 0.497 e. The van der Waals surface area contributed by atoms with Gasteiger partial charge in [-0.25, -0.2) is 0 Å². The fraction of sp³-hybridized carbons (Fsp3) is 0.429. The number of hydrogen-bond donors (Lipinski definition) is 0. The van der Waals surface area contributed by atoms with Gasteiger partial charge in [-0.2, -0.15) is 0 Å². The van der Waals surface area contributed by atoms with Gasteiger partial charge >= 0.3 is 0 Å². The zero-order chi connectivity index (χ0) is 17.8. The van der Waals surface area contributed by atoms with Gasteiger partial charge in [-0.05, 0) is 49.2 Å². The third-order valence-corrected chi connectivity index (χ3v) is 5.17. The molecule has 0 saturated carbocycles. The molecule has 4 nitrogen and oxygen atoms in total. The minimum Gasteiger partial charge on any atom is -0.497 e. The fourth-order valence-electron chi connectivity index (χ4n) is 3.47. The molecule has 0 aliphatic carbocycles. The Labute approximate surface area is 151 Å². The van der Waals surface area contributed by atoms with Crippen LogP contribution in [0.3, 0.4) is 0 Å². The molecule has 1 heterocycles. The average molecular weight is 340 g/mol. The van der Waals surface area contributed by atoms with E-state index in [2.05, 4.69) is 47.9 Å². The molecular formula is C21H28N2O2. The lowest BCUT2D eigenvalue weighted by atomic mass is 10.1. The van der Waals surface area contributed by atoms with E-state index in [9.17, 15) is 0 Å². The molecule has 1 saturated heterocycles. The lowest BCUT2D eigenvalue weighted by Crippen LogP contribution is -2.46. The number of aryl methyl sites for hydroxylation is 1. The van der Waals surface area contributed by atoms with Crippen molar-refractivity contribution in [1.82, 2.24) is 4.90 Å². The van der Waals surface area contributed by atoms with Crippen molar-refractivity contribution in [2.24, 2.45) is 0 Å². The van der Waals surface area contributed by atoms with Crippen LogP contribution in [0.15, 0.2) is 36.4 Å². The van der Waals surface area contributed by atoms with Crippen LogP contribution in [0.5, 0.6) is 11.5 Å². The first kappa shape index (κ1) is 17.6. The van der Waals surface area contributed by atoms with E-state index < -0.39 is 0 Å². The zero-order valence-electron chi connectivity index (χ0n) is 15.7. The third-order valence-electron chi connectivity index (χ3n) is 5.17. The highest BCUT2D eigenvalue weighted by atomic mass is 16.5. The van der Waals surface area contributed by atoms with E-state index in [-0.39, 0.29) is 0 Å². The summed E-state index contributed by atoms with van der Waals surface area (Å²) in [4.78, 5) is 4.99. The molecule has 0 atom stereocenters. The van der Waals surface area contributed by atoms with Gasteiger partial charge in [0.2, 0.25) is 0 Å². The smallest absolute Gasteiger partial charge is 0.123 e. The summed E-state index contributed by atoms with van der Waals surface area (Å²) in [6.07, 6.45) is 0. The predicted octanol–water partition coefficient (Wildman–Crippen LogP) is 3.64. The van der Waals surface area contributed by atoms with Crippen LogP contribution in [0.1, 0.15) is 16.7 Å². The highest BCUT2D eigenvalue weighted by molar-refractivity contribution is 5.56.